The Morgan fingerprint density at radius 3 is 2.66 bits per heavy atom. The number of nitrogens with zero attached hydrogens (tertiary/aromatic N) is 2. The van der Waals surface area contributed by atoms with Crippen LogP contribution in [0.2, 0.25) is 0 Å². The van der Waals surface area contributed by atoms with Crippen LogP contribution in [0, 0.1) is 5.82 Å². The van der Waals surface area contributed by atoms with Gasteiger partial charge < -0.3 is 14.5 Å². The fraction of sp³-hybridized carbons (Fsp3) is 0.391. The number of carbonyl (C=O) groups is 2. The summed E-state index contributed by atoms with van der Waals surface area (Å²) in [7, 11) is 0. The molecule has 3 aliphatic rings. The quantitative estimate of drug-likeness (QED) is 0.801. The minimum Gasteiger partial charge on any atom is -0.343 e. The van der Waals surface area contributed by atoms with E-state index in [1.165, 1.54) is 12.1 Å². The van der Waals surface area contributed by atoms with Gasteiger partial charge in [-0.25, -0.2) is 4.39 Å². The second kappa shape index (κ2) is 6.95. The summed E-state index contributed by atoms with van der Waals surface area (Å²) in [5, 5.41) is 0. The summed E-state index contributed by atoms with van der Waals surface area (Å²) < 4.78 is 19.5. The molecule has 6 heteroatoms. The van der Waals surface area contributed by atoms with Gasteiger partial charge in [0.2, 0.25) is 11.8 Å². The topological polar surface area (TPSA) is 49.9 Å². The van der Waals surface area contributed by atoms with Crippen LogP contribution in [0.3, 0.4) is 0 Å². The standard InChI is InChI=1S/C23H23FN2O3/c24-18-9-6-16(7-10-18)8-11-21(27)25-13-12-23-20(25)14-22(28)26(23)15-19(29-23)17-4-2-1-3-5-17/h1-7,9-10,19-20H,8,11-15H2/t19-,20-,23+/m1/s1. The third kappa shape index (κ3) is 3.02. The van der Waals surface area contributed by atoms with Gasteiger partial charge in [-0.1, -0.05) is 42.5 Å². The number of amides is 2. The number of likely N-dealkylation sites (tertiary alicyclic amines) is 1. The fourth-order valence-electron chi connectivity index (χ4n) is 5.01. The van der Waals surface area contributed by atoms with Gasteiger partial charge in [0.05, 0.1) is 19.0 Å². The highest BCUT2D eigenvalue weighted by atomic mass is 19.1. The Hall–Kier alpha value is -2.73. The van der Waals surface area contributed by atoms with Crippen molar-refractivity contribution >= 4 is 11.8 Å². The zero-order chi connectivity index (χ0) is 20.0. The minimum atomic E-state index is -0.691. The van der Waals surface area contributed by atoms with Crippen molar-refractivity contribution in [3.05, 3.63) is 71.5 Å². The van der Waals surface area contributed by atoms with Crippen LogP contribution >= 0.6 is 0 Å². The molecule has 3 fully saturated rings. The van der Waals surface area contributed by atoms with Crippen LogP contribution < -0.4 is 0 Å². The average molecular weight is 394 g/mol. The molecule has 0 bridgehead atoms. The summed E-state index contributed by atoms with van der Waals surface area (Å²) in [6.07, 6.45) is 1.71. The number of carbonyl (C=O) groups excluding carboxylic acids is 2. The van der Waals surface area contributed by atoms with Gasteiger partial charge >= 0.3 is 0 Å². The molecule has 2 amide bonds. The predicted molar refractivity (Wildman–Crippen MR) is 104 cm³/mol. The van der Waals surface area contributed by atoms with Crippen LogP contribution in [-0.4, -0.2) is 46.5 Å². The lowest BCUT2D eigenvalue weighted by Crippen LogP contribution is -2.48. The van der Waals surface area contributed by atoms with Gasteiger partial charge in [-0.05, 0) is 29.7 Å². The SMILES string of the molecule is O=C(CCc1ccc(F)cc1)N1CC[C@@]23O[C@@H](c4ccccc4)CN2C(=O)C[C@@H]13. The molecule has 5 nitrogen and oxygen atoms in total. The first-order valence-corrected chi connectivity index (χ1v) is 10.1. The second-order valence-electron chi connectivity index (χ2n) is 8.05. The monoisotopic (exact) mass is 394 g/mol. The maximum Gasteiger partial charge on any atom is 0.227 e. The predicted octanol–water partition coefficient (Wildman–Crippen LogP) is 3.06. The first-order chi connectivity index (χ1) is 14.1. The lowest BCUT2D eigenvalue weighted by atomic mass is 10.1. The van der Waals surface area contributed by atoms with E-state index in [-0.39, 0.29) is 29.8 Å². The normalized spacial score (nSPS) is 28.0. The lowest BCUT2D eigenvalue weighted by Gasteiger charge is -2.32. The Balaban J connectivity index is 1.30. The molecule has 3 aliphatic heterocycles. The molecule has 0 N–H and O–H groups in total. The number of hydrogen-bond donors (Lipinski definition) is 0. The molecule has 0 unspecified atom stereocenters. The molecule has 0 aliphatic carbocycles. The van der Waals surface area contributed by atoms with Crippen molar-refractivity contribution in [1.29, 1.82) is 0 Å². The third-order valence-corrected chi connectivity index (χ3v) is 6.46. The number of halogens is 1. The Morgan fingerprint density at radius 2 is 1.90 bits per heavy atom. The maximum atomic E-state index is 13.1. The molecule has 150 valence electrons. The number of benzene rings is 2. The maximum absolute atomic E-state index is 13.1. The van der Waals surface area contributed by atoms with Crippen molar-refractivity contribution in [2.45, 2.75) is 43.6 Å². The number of rotatable bonds is 4. The Bertz CT molecular complexity index is 933. The average Bonchev–Trinajstić information content (AvgIpc) is 3.36. The van der Waals surface area contributed by atoms with Gasteiger partial charge in [0, 0.05) is 19.4 Å². The highest BCUT2D eigenvalue weighted by Crippen LogP contribution is 2.50. The molecule has 2 aromatic rings. The fourth-order valence-corrected chi connectivity index (χ4v) is 5.01. The van der Waals surface area contributed by atoms with E-state index in [1.807, 2.05) is 40.1 Å². The van der Waals surface area contributed by atoms with Crippen molar-refractivity contribution in [3.63, 3.8) is 0 Å². The molecule has 0 aromatic heterocycles. The molecule has 1 spiro atoms. The van der Waals surface area contributed by atoms with E-state index in [9.17, 15) is 14.0 Å². The zero-order valence-electron chi connectivity index (χ0n) is 16.1. The van der Waals surface area contributed by atoms with Gasteiger partial charge in [0.25, 0.3) is 0 Å². The van der Waals surface area contributed by atoms with Crippen LogP contribution in [0.4, 0.5) is 4.39 Å². The van der Waals surface area contributed by atoms with Crippen LogP contribution in [0.15, 0.2) is 54.6 Å². The van der Waals surface area contributed by atoms with Crippen LogP contribution in [0.1, 0.15) is 36.5 Å². The highest BCUT2D eigenvalue weighted by Gasteiger charge is 2.64. The van der Waals surface area contributed by atoms with E-state index in [0.29, 0.717) is 38.8 Å². The van der Waals surface area contributed by atoms with Crippen molar-refractivity contribution < 1.29 is 18.7 Å². The Morgan fingerprint density at radius 1 is 1.14 bits per heavy atom. The Kier molecular flexibility index (Phi) is 4.39. The van der Waals surface area contributed by atoms with Crippen molar-refractivity contribution in [2.24, 2.45) is 0 Å². The molecule has 0 saturated carbocycles. The van der Waals surface area contributed by atoms with Crippen molar-refractivity contribution in [3.8, 4) is 0 Å². The molecular weight excluding hydrogens is 371 g/mol. The summed E-state index contributed by atoms with van der Waals surface area (Å²) in [6, 6.07) is 15.9. The lowest BCUT2D eigenvalue weighted by molar-refractivity contribution is -0.142. The zero-order valence-corrected chi connectivity index (χ0v) is 16.1. The molecule has 29 heavy (non-hydrogen) atoms. The van der Waals surface area contributed by atoms with E-state index in [1.54, 1.807) is 12.1 Å². The first-order valence-electron chi connectivity index (χ1n) is 10.1. The third-order valence-electron chi connectivity index (χ3n) is 6.46. The molecule has 5 rings (SSSR count). The van der Waals surface area contributed by atoms with E-state index in [2.05, 4.69) is 0 Å². The minimum absolute atomic E-state index is 0.0256. The van der Waals surface area contributed by atoms with Gasteiger partial charge in [-0.2, -0.15) is 0 Å². The van der Waals surface area contributed by atoms with Crippen LogP contribution in [0.25, 0.3) is 0 Å². The van der Waals surface area contributed by atoms with E-state index in [0.717, 1.165) is 11.1 Å². The second-order valence-corrected chi connectivity index (χ2v) is 8.05. The number of aryl methyl sites for hydroxylation is 1. The summed E-state index contributed by atoms with van der Waals surface area (Å²) >= 11 is 0. The summed E-state index contributed by atoms with van der Waals surface area (Å²) in [4.78, 5) is 29.3. The molecule has 3 heterocycles. The smallest absolute Gasteiger partial charge is 0.227 e. The first kappa shape index (κ1) is 18.3. The largest absolute Gasteiger partial charge is 0.343 e. The van der Waals surface area contributed by atoms with E-state index < -0.39 is 5.72 Å². The summed E-state index contributed by atoms with van der Waals surface area (Å²) in [5.74, 6) is -0.195. The van der Waals surface area contributed by atoms with Crippen LogP contribution in [0.5, 0.6) is 0 Å². The van der Waals surface area contributed by atoms with Gasteiger partial charge in [-0.15, -0.1) is 0 Å². The van der Waals surface area contributed by atoms with Crippen molar-refractivity contribution in [1.82, 2.24) is 9.80 Å². The summed E-state index contributed by atoms with van der Waals surface area (Å²) in [6.45, 7) is 1.13. The molecule has 2 aromatic carbocycles. The Labute approximate surface area is 169 Å². The van der Waals surface area contributed by atoms with Gasteiger partial charge in [0.1, 0.15) is 11.9 Å². The van der Waals surface area contributed by atoms with E-state index in [4.69, 9.17) is 4.74 Å². The van der Waals surface area contributed by atoms with Crippen molar-refractivity contribution in [2.75, 3.05) is 13.1 Å². The summed E-state index contributed by atoms with van der Waals surface area (Å²) in [5.41, 5.74) is 1.30. The molecule has 3 atom stereocenters. The highest BCUT2D eigenvalue weighted by molar-refractivity contribution is 5.85. The molecule has 3 saturated heterocycles. The van der Waals surface area contributed by atoms with Gasteiger partial charge in [0.15, 0.2) is 5.72 Å². The number of ether oxygens (including phenoxy) is 1. The van der Waals surface area contributed by atoms with E-state index >= 15 is 0 Å². The molecular formula is C23H23FN2O3. The van der Waals surface area contributed by atoms with Crippen LogP contribution in [-0.2, 0) is 20.7 Å². The number of hydrogen-bond acceptors (Lipinski definition) is 3. The molecule has 0 radical (unpaired) electrons. The van der Waals surface area contributed by atoms with Gasteiger partial charge in [-0.3, -0.25) is 9.59 Å².